The summed E-state index contributed by atoms with van der Waals surface area (Å²) in [5.74, 6) is 1.21. The zero-order valence-electron chi connectivity index (χ0n) is 14.8. The molecule has 0 aliphatic carbocycles. The molecule has 4 N–H and O–H groups in total. The van der Waals surface area contributed by atoms with Crippen LogP contribution in [0.4, 0.5) is 11.4 Å². The first-order valence-electron chi connectivity index (χ1n) is 7.72. The highest BCUT2D eigenvalue weighted by Gasteiger charge is 2.06. The van der Waals surface area contributed by atoms with Crippen molar-refractivity contribution in [2.75, 3.05) is 24.7 Å². The summed E-state index contributed by atoms with van der Waals surface area (Å²) in [7, 11) is 0. The number of halogens is 1. The molecule has 132 valence electrons. The number of hydrogen-bond donors (Lipinski definition) is 2. The molecule has 0 saturated heterocycles. The van der Waals surface area contributed by atoms with Gasteiger partial charge in [-0.1, -0.05) is 0 Å². The maximum Gasteiger partial charge on any atom is 0.230 e. The van der Waals surface area contributed by atoms with Crippen LogP contribution >= 0.6 is 15.9 Å². The van der Waals surface area contributed by atoms with Crippen LogP contribution in [0, 0.1) is 20.8 Å². The number of pyridine rings is 2. The van der Waals surface area contributed by atoms with Crippen molar-refractivity contribution < 1.29 is 9.47 Å². The molecule has 0 atom stereocenters. The molecular formula is C17H25BrN4O2. The molecule has 0 aliphatic rings. The molecule has 0 spiro atoms. The van der Waals surface area contributed by atoms with E-state index in [1.54, 1.807) is 6.07 Å². The Morgan fingerprint density at radius 3 is 1.88 bits per heavy atom. The molecule has 24 heavy (non-hydrogen) atoms. The normalized spacial score (nSPS) is 9.92. The van der Waals surface area contributed by atoms with Gasteiger partial charge in [0.15, 0.2) is 0 Å². The number of hydrogen-bond acceptors (Lipinski definition) is 6. The molecule has 6 nitrogen and oxygen atoms in total. The van der Waals surface area contributed by atoms with E-state index in [2.05, 4.69) is 25.9 Å². The maximum atomic E-state index is 5.73. The predicted molar refractivity (Wildman–Crippen MR) is 102 cm³/mol. The number of anilines is 2. The van der Waals surface area contributed by atoms with Gasteiger partial charge in [0.1, 0.15) is 4.47 Å². The number of aromatic nitrogens is 2. The first-order valence-corrected chi connectivity index (χ1v) is 8.51. The van der Waals surface area contributed by atoms with E-state index < -0.39 is 0 Å². The van der Waals surface area contributed by atoms with Crippen LogP contribution in [0.25, 0.3) is 0 Å². The van der Waals surface area contributed by atoms with Crippen molar-refractivity contribution in [3.05, 3.63) is 33.6 Å². The van der Waals surface area contributed by atoms with Crippen LogP contribution < -0.4 is 20.9 Å². The number of nitrogens with two attached hydrogens (primary N) is 2. The van der Waals surface area contributed by atoms with Crippen molar-refractivity contribution in [1.82, 2.24) is 9.97 Å². The lowest BCUT2D eigenvalue weighted by Crippen LogP contribution is -2.01. The van der Waals surface area contributed by atoms with Crippen LogP contribution in [0.1, 0.15) is 30.8 Å². The van der Waals surface area contributed by atoms with Crippen LogP contribution in [0.3, 0.4) is 0 Å². The van der Waals surface area contributed by atoms with Crippen LogP contribution in [-0.4, -0.2) is 23.2 Å². The molecule has 0 radical (unpaired) electrons. The first kappa shape index (κ1) is 20.0. The summed E-state index contributed by atoms with van der Waals surface area (Å²) in [5.41, 5.74) is 15.5. The largest absolute Gasteiger partial charge is 0.478 e. The fraction of sp³-hybridized carbons (Fsp3) is 0.412. The number of aryl methyl sites for hydroxylation is 2. The highest BCUT2D eigenvalue weighted by molar-refractivity contribution is 9.10. The molecule has 0 amide bonds. The van der Waals surface area contributed by atoms with Gasteiger partial charge in [-0.3, -0.25) is 0 Å². The Hall–Kier alpha value is -2.02. The van der Waals surface area contributed by atoms with Crippen molar-refractivity contribution in [3.63, 3.8) is 0 Å². The molecule has 2 rings (SSSR count). The quantitative estimate of drug-likeness (QED) is 0.815. The lowest BCUT2D eigenvalue weighted by Gasteiger charge is -2.08. The van der Waals surface area contributed by atoms with Gasteiger partial charge in [0.2, 0.25) is 11.8 Å². The Balaban J connectivity index is 0.000000240. The van der Waals surface area contributed by atoms with Gasteiger partial charge in [0.25, 0.3) is 0 Å². The zero-order valence-corrected chi connectivity index (χ0v) is 16.4. The van der Waals surface area contributed by atoms with Crippen LogP contribution in [-0.2, 0) is 0 Å². The smallest absolute Gasteiger partial charge is 0.230 e. The third kappa shape index (κ3) is 5.56. The van der Waals surface area contributed by atoms with E-state index in [0.29, 0.717) is 30.7 Å². The maximum absolute atomic E-state index is 5.73. The Bertz CT molecular complexity index is 633. The van der Waals surface area contributed by atoms with Crippen molar-refractivity contribution in [1.29, 1.82) is 0 Å². The Morgan fingerprint density at radius 1 is 0.875 bits per heavy atom. The predicted octanol–water partition coefficient (Wildman–Crippen LogP) is 3.81. The second-order valence-electron chi connectivity index (χ2n) is 5.12. The molecule has 0 saturated carbocycles. The second-order valence-corrected chi connectivity index (χ2v) is 5.91. The van der Waals surface area contributed by atoms with Gasteiger partial charge in [-0.2, -0.15) is 0 Å². The molecule has 7 heteroatoms. The molecular weight excluding hydrogens is 372 g/mol. The number of rotatable bonds is 4. The molecule has 0 unspecified atom stereocenters. The van der Waals surface area contributed by atoms with Gasteiger partial charge in [0.05, 0.1) is 18.9 Å². The van der Waals surface area contributed by atoms with Gasteiger partial charge in [0, 0.05) is 22.6 Å². The lowest BCUT2D eigenvalue weighted by molar-refractivity contribution is 0.324. The number of nitrogen functional groups attached to an aromatic ring is 2. The minimum Gasteiger partial charge on any atom is -0.478 e. The van der Waals surface area contributed by atoms with Gasteiger partial charge in [-0.15, -0.1) is 0 Å². The third-order valence-electron chi connectivity index (χ3n) is 3.04. The summed E-state index contributed by atoms with van der Waals surface area (Å²) < 4.78 is 11.3. The van der Waals surface area contributed by atoms with Crippen LogP contribution in [0.2, 0.25) is 0 Å². The summed E-state index contributed by atoms with van der Waals surface area (Å²) >= 11 is 3.30. The van der Waals surface area contributed by atoms with E-state index in [0.717, 1.165) is 27.1 Å². The van der Waals surface area contributed by atoms with Crippen molar-refractivity contribution in [2.24, 2.45) is 0 Å². The number of nitrogens with zero attached hydrogens (tertiary/aromatic N) is 2. The van der Waals surface area contributed by atoms with E-state index in [4.69, 9.17) is 20.9 Å². The Labute approximate surface area is 151 Å². The molecule has 2 aromatic heterocycles. The van der Waals surface area contributed by atoms with E-state index >= 15 is 0 Å². The average Bonchev–Trinajstić information content (AvgIpc) is 2.50. The lowest BCUT2D eigenvalue weighted by atomic mass is 10.2. The molecule has 0 aromatic carbocycles. The summed E-state index contributed by atoms with van der Waals surface area (Å²) in [6.07, 6.45) is 0. The van der Waals surface area contributed by atoms with Gasteiger partial charge >= 0.3 is 0 Å². The summed E-state index contributed by atoms with van der Waals surface area (Å²) in [6, 6.07) is 3.64. The van der Waals surface area contributed by atoms with Crippen molar-refractivity contribution >= 4 is 27.3 Å². The Kier molecular flexibility index (Phi) is 7.78. The van der Waals surface area contributed by atoms with E-state index in [1.165, 1.54) is 0 Å². The second kappa shape index (κ2) is 9.32. The van der Waals surface area contributed by atoms with Crippen molar-refractivity contribution in [3.8, 4) is 11.8 Å². The van der Waals surface area contributed by atoms with Crippen LogP contribution in [0.15, 0.2) is 16.6 Å². The fourth-order valence-corrected chi connectivity index (χ4v) is 2.21. The number of ether oxygens (including phenoxy) is 2. The van der Waals surface area contributed by atoms with Crippen LogP contribution in [0.5, 0.6) is 11.8 Å². The van der Waals surface area contributed by atoms with Gasteiger partial charge < -0.3 is 20.9 Å². The fourth-order valence-electron chi connectivity index (χ4n) is 1.90. The minimum absolute atomic E-state index is 0.565. The topological polar surface area (TPSA) is 96.3 Å². The first-order chi connectivity index (χ1) is 11.3. The van der Waals surface area contributed by atoms with Gasteiger partial charge in [-0.25, -0.2) is 9.97 Å². The third-order valence-corrected chi connectivity index (χ3v) is 3.84. The molecule has 0 bridgehead atoms. The standard InChI is InChI=1S/C9H14N2O.C8H11BrN2O/c1-4-12-9-7(3)8(10)5-6(2)11-9;1-3-12-8-7(9)6(10)4-5(2)11-8/h5H,4H2,1-3H3,(H2,10,11);4H,3H2,1-2H3,(H2,10,11). The molecule has 0 fully saturated rings. The SMILES string of the molecule is CCOc1nc(C)cc(N)c1Br.CCOc1nc(C)cc(N)c1C. The molecule has 0 aliphatic heterocycles. The van der Waals surface area contributed by atoms with Crippen molar-refractivity contribution in [2.45, 2.75) is 34.6 Å². The van der Waals surface area contributed by atoms with Gasteiger partial charge in [-0.05, 0) is 62.7 Å². The average molecular weight is 397 g/mol. The molecule has 2 aromatic rings. The van der Waals surface area contributed by atoms with E-state index in [9.17, 15) is 0 Å². The van der Waals surface area contributed by atoms with E-state index in [1.807, 2.05) is 40.7 Å². The highest BCUT2D eigenvalue weighted by atomic mass is 79.9. The minimum atomic E-state index is 0.565. The summed E-state index contributed by atoms with van der Waals surface area (Å²) in [6.45, 7) is 10.7. The molecule has 2 heterocycles. The zero-order chi connectivity index (χ0) is 18.3. The van der Waals surface area contributed by atoms with E-state index in [-0.39, 0.29) is 0 Å². The monoisotopic (exact) mass is 396 g/mol. The Morgan fingerprint density at radius 2 is 1.33 bits per heavy atom. The summed E-state index contributed by atoms with van der Waals surface area (Å²) in [5, 5.41) is 0. The highest BCUT2D eigenvalue weighted by Crippen LogP contribution is 2.29. The summed E-state index contributed by atoms with van der Waals surface area (Å²) in [4.78, 5) is 8.40.